The Bertz CT molecular complexity index is 299. The summed E-state index contributed by atoms with van der Waals surface area (Å²) in [6.07, 6.45) is 0.945. The highest BCUT2D eigenvalue weighted by molar-refractivity contribution is 9.10. The number of carbonyl (C=O) groups is 1. The maximum atomic E-state index is 10.8. The van der Waals surface area contributed by atoms with Gasteiger partial charge in [-0.05, 0) is 25.7 Å². The highest BCUT2D eigenvalue weighted by atomic mass is 79.9. The number of aldehydes is 1. The molecule has 1 aromatic rings. The Morgan fingerprint density at radius 1 is 1.38 bits per heavy atom. The van der Waals surface area contributed by atoms with Crippen LogP contribution in [-0.4, -0.2) is 25.3 Å². The van der Waals surface area contributed by atoms with Gasteiger partial charge in [-0.25, -0.2) is 0 Å². The van der Waals surface area contributed by atoms with Gasteiger partial charge in [0, 0.05) is 4.47 Å². The average molecular weight is 242 g/mol. The van der Waals surface area contributed by atoms with Crippen LogP contribution in [0.4, 0.5) is 0 Å². The van der Waals surface area contributed by atoms with Gasteiger partial charge < -0.3 is 4.79 Å². The lowest BCUT2D eigenvalue weighted by Gasteiger charge is -2.19. The van der Waals surface area contributed by atoms with E-state index in [1.807, 2.05) is 43.3 Å². The lowest BCUT2D eigenvalue weighted by atomic mass is 10.1. The van der Waals surface area contributed by atoms with Crippen molar-refractivity contribution < 1.29 is 4.79 Å². The molecular weight excluding hydrogens is 230 g/mol. The molecule has 0 aliphatic heterocycles. The number of nitrogens with zero attached hydrogens (tertiary/aromatic N) is 1. The standard InChI is InChI=1S/C10H12BrNO/c1-12(2)10(7-13)8-5-3-4-6-9(8)11/h3-7,10H,1-2H3. The molecule has 0 saturated carbocycles. The van der Waals surface area contributed by atoms with Gasteiger partial charge in [-0.2, -0.15) is 0 Å². The van der Waals surface area contributed by atoms with Crippen LogP contribution >= 0.6 is 15.9 Å². The van der Waals surface area contributed by atoms with Crippen molar-refractivity contribution in [3.05, 3.63) is 34.3 Å². The first-order valence-electron chi connectivity index (χ1n) is 4.03. The van der Waals surface area contributed by atoms with Crippen molar-refractivity contribution in [2.45, 2.75) is 6.04 Å². The molecule has 0 spiro atoms. The molecule has 0 bridgehead atoms. The largest absolute Gasteiger partial charge is 0.301 e. The summed E-state index contributed by atoms with van der Waals surface area (Å²) in [5, 5.41) is 0. The van der Waals surface area contributed by atoms with E-state index in [1.165, 1.54) is 0 Å². The van der Waals surface area contributed by atoms with Gasteiger partial charge >= 0.3 is 0 Å². The maximum Gasteiger partial charge on any atom is 0.141 e. The van der Waals surface area contributed by atoms with Crippen molar-refractivity contribution in [3.8, 4) is 0 Å². The molecule has 3 heteroatoms. The molecule has 13 heavy (non-hydrogen) atoms. The third kappa shape index (κ3) is 2.39. The lowest BCUT2D eigenvalue weighted by Crippen LogP contribution is -2.21. The second kappa shape index (κ2) is 4.53. The molecular formula is C10H12BrNO. The summed E-state index contributed by atoms with van der Waals surface area (Å²) in [6, 6.07) is 7.58. The molecule has 0 aliphatic rings. The van der Waals surface area contributed by atoms with E-state index in [2.05, 4.69) is 15.9 Å². The predicted molar refractivity (Wildman–Crippen MR) is 56.6 cm³/mol. The Hall–Kier alpha value is -0.670. The molecule has 0 fully saturated rings. The second-order valence-electron chi connectivity index (χ2n) is 3.07. The molecule has 1 rings (SSSR count). The van der Waals surface area contributed by atoms with Gasteiger partial charge in [-0.3, -0.25) is 4.90 Å². The van der Waals surface area contributed by atoms with Gasteiger partial charge in [-0.1, -0.05) is 34.1 Å². The van der Waals surface area contributed by atoms with E-state index < -0.39 is 0 Å². The molecule has 0 aromatic heterocycles. The highest BCUT2D eigenvalue weighted by Gasteiger charge is 2.14. The summed E-state index contributed by atoms with van der Waals surface area (Å²) in [5.41, 5.74) is 1.00. The summed E-state index contributed by atoms with van der Waals surface area (Å²) < 4.78 is 0.973. The summed E-state index contributed by atoms with van der Waals surface area (Å²) in [4.78, 5) is 12.7. The Labute approximate surface area is 86.7 Å². The molecule has 0 N–H and O–H groups in total. The first kappa shape index (κ1) is 10.4. The van der Waals surface area contributed by atoms with Crippen molar-refractivity contribution in [2.24, 2.45) is 0 Å². The van der Waals surface area contributed by atoms with Crippen LogP contribution < -0.4 is 0 Å². The second-order valence-corrected chi connectivity index (χ2v) is 3.92. The minimum absolute atomic E-state index is 0.171. The first-order chi connectivity index (χ1) is 6.16. The minimum atomic E-state index is -0.171. The molecule has 0 heterocycles. The number of rotatable bonds is 3. The predicted octanol–water partition coefficient (Wildman–Crippen LogP) is 2.25. The van der Waals surface area contributed by atoms with E-state index in [0.717, 1.165) is 16.3 Å². The fraction of sp³-hybridized carbons (Fsp3) is 0.300. The Balaban J connectivity index is 3.04. The van der Waals surface area contributed by atoms with Crippen molar-refractivity contribution in [1.82, 2.24) is 4.90 Å². The average Bonchev–Trinajstić information content (AvgIpc) is 2.09. The molecule has 0 radical (unpaired) electrons. The highest BCUT2D eigenvalue weighted by Crippen LogP contribution is 2.24. The van der Waals surface area contributed by atoms with E-state index >= 15 is 0 Å². The number of benzene rings is 1. The zero-order chi connectivity index (χ0) is 9.84. The molecule has 1 aromatic carbocycles. The molecule has 1 atom stereocenters. The van der Waals surface area contributed by atoms with Crippen molar-refractivity contribution >= 4 is 22.2 Å². The topological polar surface area (TPSA) is 20.3 Å². The Morgan fingerprint density at radius 2 is 2.00 bits per heavy atom. The summed E-state index contributed by atoms with van der Waals surface area (Å²) >= 11 is 3.42. The van der Waals surface area contributed by atoms with E-state index in [9.17, 15) is 4.79 Å². The fourth-order valence-corrected chi connectivity index (χ4v) is 1.71. The summed E-state index contributed by atoms with van der Waals surface area (Å²) in [6.45, 7) is 0. The van der Waals surface area contributed by atoms with Crippen LogP contribution in [0.15, 0.2) is 28.7 Å². The first-order valence-corrected chi connectivity index (χ1v) is 4.82. The fourth-order valence-electron chi connectivity index (χ4n) is 1.19. The number of likely N-dealkylation sites (N-methyl/N-ethyl adjacent to an activating group) is 1. The van der Waals surface area contributed by atoms with E-state index in [4.69, 9.17) is 0 Å². The zero-order valence-corrected chi connectivity index (χ0v) is 9.28. The van der Waals surface area contributed by atoms with Crippen molar-refractivity contribution in [3.63, 3.8) is 0 Å². The van der Waals surface area contributed by atoms with Crippen LogP contribution in [0, 0.1) is 0 Å². The quantitative estimate of drug-likeness (QED) is 0.757. The minimum Gasteiger partial charge on any atom is -0.301 e. The van der Waals surface area contributed by atoms with Gasteiger partial charge in [-0.15, -0.1) is 0 Å². The van der Waals surface area contributed by atoms with E-state index in [0.29, 0.717) is 0 Å². The third-order valence-electron chi connectivity index (χ3n) is 1.91. The number of hydrogen-bond donors (Lipinski definition) is 0. The SMILES string of the molecule is CN(C)C(C=O)c1ccccc1Br. The third-order valence-corrected chi connectivity index (χ3v) is 2.63. The van der Waals surface area contributed by atoms with Gasteiger partial charge in [0.1, 0.15) is 6.29 Å². The number of halogens is 1. The Kier molecular flexibility index (Phi) is 3.63. The Morgan fingerprint density at radius 3 is 2.46 bits per heavy atom. The van der Waals surface area contributed by atoms with E-state index in [1.54, 1.807) is 0 Å². The van der Waals surface area contributed by atoms with Crippen LogP contribution in [-0.2, 0) is 4.79 Å². The smallest absolute Gasteiger partial charge is 0.141 e. The molecule has 2 nitrogen and oxygen atoms in total. The molecule has 0 aliphatic carbocycles. The van der Waals surface area contributed by atoms with Crippen LogP contribution in [0.1, 0.15) is 11.6 Å². The number of carbonyl (C=O) groups excluding carboxylic acids is 1. The van der Waals surface area contributed by atoms with Gasteiger partial charge in [0.25, 0.3) is 0 Å². The van der Waals surface area contributed by atoms with Gasteiger partial charge in [0.2, 0.25) is 0 Å². The van der Waals surface area contributed by atoms with Gasteiger partial charge in [0.05, 0.1) is 6.04 Å². The van der Waals surface area contributed by atoms with Crippen molar-refractivity contribution in [1.29, 1.82) is 0 Å². The number of hydrogen-bond acceptors (Lipinski definition) is 2. The van der Waals surface area contributed by atoms with Crippen LogP contribution in [0.2, 0.25) is 0 Å². The zero-order valence-electron chi connectivity index (χ0n) is 7.70. The molecule has 0 saturated heterocycles. The molecule has 1 unspecified atom stereocenters. The van der Waals surface area contributed by atoms with Crippen LogP contribution in [0.25, 0.3) is 0 Å². The van der Waals surface area contributed by atoms with Crippen LogP contribution in [0.3, 0.4) is 0 Å². The van der Waals surface area contributed by atoms with Gasteiger partial charge in [0.15, 0.2) is 0 Å². The summed E-state index contributed by atoms with van der Waals surface area (Å²) in [7, 11) is 3.77. The monoisotopic (exact) mass is 241 g/mol. The molecule has 70 valence electrons. The molecule has 0 amide bonds. The summed E-state index contributed by atoms with van der Waals surface area (Å²) in [5.74, 6) is 0. The van der Waals surface area contributed by atoms with Crippen molar-refractivity contribution in [2.75, 3.05) is 14.1 Å². The maximum absolute atomic E-state index is 10.8. The normalized spacial score (nSPS) is 12.9. The van der Waals surface area contributed by atoms with E-state index in [-0.39, 0.29) is 6.04 Å². The lowest BCUT2D eigenvalue weighted by molar-refractivity contribution is -0.111. The van der Waals surface area contributed by atoms with Crippen LogP contribution in [0.5, 0.6) is 0 Å².